The maximum Gasteiger partial charge on any atom is 0.339 e. The zero-order chi connectivity index (χ0) is 31.7. The molecule has 5 rings (SSSR count). The Kier molecular flexibility index (Phi) is 8.38. The van der Waals surface area contributed by atoms with Crippen LogP contribution in [0.25, 0.3) is 11.1 Å². The molecule has 4 aromatic rings. The van der Waals surface area contributed by atoms with Crippen molar-refractivity contribution in [1.29, 1.82) is 0 Å². The SMILES string of the molecule is Cc1ccc(S(=O)(=O)Oc2ccc(C(N)(CC(=O)OC(C)(C)C)C(=O)OCC3c4ccccc4-c4ccccc43)cc2)cc1. The van der Waals surface area contributed by atoms with Crippen LogP contribution in [-0.4, -0.2) is 32.6 Å². The Bertz CT molecular complexity index is 1750. The number of ether oxygens (including phenoxy) is 2. The zero-order valence-electron chi connectivity index (χ0n) is 25.1. The summed E-state index contributed by atoms with van der Waals surface area (Å²) < 4.78 is 42.2. The van der Waals surface area contributed by atoms with E-state index in [0.717, 1.165) is 27.8 Å². The van der Waals surface area contributed by atoms with Crippen LogP contribution in [0.4, 0.5) is 0 Å². The van der Waals surface area contributed by atoms with Gasteiger partial charge in [0.05, 0.1) is 6.42 Å². The van der Waals surface area contributed by atoms with Crippen LogP contribution < -0.4 is 9.92 Å². The van der Waals surface area contributed by atoms with Crippen molar-refractivity contribution in [2.24, 2.45) is 5.73 Å². The average molecular weight is 614 g/mol. The minimum absolute atomic E-state index is 0.00362. The molecule has 2 N–H and O–H groups in total. The molecule has 8 nitrogen and oxygen atoms in total. The van der Waals surface area contributed by atoms with Crippen LogP contribution in [0.1, 0.15) is 55.4 Å². The lowest BCUT2D eigenvalue weighted by atomic mass is 9.87. The van der Waals surface area contributed by atoms with Crippen molar-refractivity contribution in [3.05, 3.63) is 119 Å². The highest BCUT2D eigenvalue weighted by molar-refractivity contribution is 7.87. The normalized spacial score (nSPS) is 14.2. The van der Waals surface area contributed by atoms with Crippen LogP contribution in [0.15, 0.2) is 102 Å². The molecule has 0 radical (unpaired) electrons. The molecule has 0 saturated carbocycles. The zero-order valence-corrected chi connectivity index (χ0v) is 25.9. The third-order valence-electron chi connectivity index (χ3n) is 7.44. The Morgan fingerprint density at radius 3 is 1.89 bits per heavy atom. The Labute approximate surface area is 257 Å². The van der Waals surface area contributed by atoms with Gasteiger partial charge < -0.3 is 19.4 Å². The molecule has 0 saturated heterocycles. The van der Waals surface area contributed by atoms with Gasteiger partial charge in [-0.15, -0.1) is 0 Å². The lowest BCUT2D eigenvalue weighted by Gasteiger charge is -2.29. The summed E-state index contributed by atoms with van der Waals surface area (Å²) in [5, 5.41) is 0. The number of aryl methyl sites for hydroxylation is 1. The first-order chi connectivity index (χ1) is 20.8. The van der Waals surface area contributed by atoms with E-state index in [1.54, 1.807) is 32.9 Å². The van der Waals surface area contributed by atoms with Gasteiger partial charge in [-0.25, -0.2) is 4.79 Å². The summed E-state index contributed by atoms with van der Waals surface area (Å²) in [4.78, 5) is 26.8. The molecular weight excluding hydrogens is 578 g/mol. The van der Waals surface area contributed by atoms with E-state index in [-0.39, 0.29) is 28.7 Å². The van der Waals surface area contributed by atoms with Gasteiger partial charge in [0.1, 0.15) is 22.9 Å². The molecule has 0 bridgehead atoms. The second-order valence-corrected chi connectivity index (χ2v) is 13.5. The van der Waals surface area contributed by atoms with E-state index in [1.807, 2.05) is 55.5 Å². The fourth-order valence-corrected chi connectivity index (χ4v) is 6.24. The van der Waals surface area contributed by atoms with E-state index in [2.05, 4.69) is 0 Å². The van der Waals surface area contributed by atoms with Crippen molar-refractivity contribution < 1.29 is 31.7 Å². The molecule has 0 aromatic heterocycles. The topological polar surface area (TPSA) is 122 Å². The molecule has 0 heterocycles. The van der Waals surface area contributed by atoms with Gasteiger partial charge in [0, 0.05) is 5.92 Å². The van der Waals surface area contributed by atoms with E-state index in [4.69, 9.17) is 19.4 Å². The van der Waals surface area contributed by atoms with Gasteiger partial charge in [0.2, 0.25) is 0 Å². The summed E-state index contributed by atoms with van der Waals surface area (Å²) in [6, 6.07) is 27.8. The predicted molar refractivity (Wildman–Crippen MR) is 166 cm³/mol. The number of fused-ring (bicyclic) bond motifs is 3. The molecular formula is C35H35NO7S. The number of hydrogen-bond donors (Lipinski definition) is 1. The number of benzene rings is 4. The summed E-state index contributed by atoms with van der Waals surface area (Å²) in [6.07, 6.45) is -0.497. The summed E-state index contributed by atoms with van der Waals surface area (Å²) in [6.45, 7) is 7.02. The predicted octanol–water partition coefficient (Wildman–Crippen LogP) is 6.00. The van der Waals surface area contributed by atoms with Gasteiger partial charge >= 0.3 is 22.1 Å². The van der Waals surface area contributed by atoms with Gasteiger partial charge in [-0.2, -0.15) is 8.42 Å². The first-order valence-corrected chi connectivity index (χ1v) is 15.7. The van der Waals surface area contributed by atoms with Crippen molar-refractivity contribution in [1.82, 2.24) is 0 Å². The van der Waals surface area contributed by atoms with Crippen LogP contribution in [0.3, 0.4) is 0 Å². The molecule has 1 unspecified atom stereocenters. The summed E-state index contributed by atoms with van der Waals surface area (Å²) in [7, 11) is -4.10. The minimum Gasteiger partial charge on any atom is -0.463 e. The van der Waals surface area contributed by atoms with E-state index in [1.165, 1.54) is 36.4 Å². The number of carbonyl (C=O) groups is 2. The molecule has 0 aliphatic heterocycles. The Morgan fingerprint density at radius 1 is 0.795 bits per heavy atom. The maximum atomic E-state index is 13.8. The molecule has 1 aliphatic rings. The Hall–Kier alpha value is -4.47. The lowest BCUT2D eigenvalue weighted by molar-refractivity contribution is -0.163. The Morgan fingerprint density at radius 2 is 1.34 bits per heavy atom. The summed E-state index contributed by atoms with van der Waals surface area (Å²) >= 11 is 0. The van der Waals surface area contributed by atoms with Crippen LogP contribution in [0.5, 0.6) is 5.75 Å². The van der Waals surface area contributed by atoms with Crippen LogP contribution in [-0.2, 0) is 34.7 Å². The number of esters is 2. The molecule has 1 atom stereocenters. The molecule has 4 aromatic carbocycles. The fraction of sp³-hybridized carbons (Fsp3) is 0.257. The van der Waals surface area contributed by atoms with Gasteiger partial charge in [-0.1, -0.05) is 78.4 Å². The van der Waals surface area contributed by atoms with Crippen molar-refractivity contribution in [3.8, 4) is 16.9 Å². The smallest absolute Gasteiger partial charge is 0.339 e. The second kappa shape index (κ2) is 11.9. The monoisotopic (exact) mass is 613 g/mol. The summed E-state index contributed by atoms with van der Waals surface area (Å²) in [5.74, 6) is -1.69. The van der Waals surface area contributed by atoms with Crippen molar-refractivity contribution in [2.75, 3.05) is 6.61 Å². The van der Waals surface area contributed by atoms with Crippen molar-refractivity contribution >= 4 is 22.1 Å². The van der Waals surface area contributed by atoms with Crippen LogP contribution in [0.2, 0.25) is 0 Å². The molecule has 228 valence electrons. The molecule has 1 aliphatic carbocycles. The standard InChI is InChI=1S/C35H35NO7S/c1-23-13-19-26(20-14-23)44(39,40)43-25-17-15-24(16-18-25)35(36,21-32(37)42-34(2,3)4)33(38)41-22-31-29-11-7-5-9-27(29)28-10-6-8-12-30(28)31/h5-20,31H,21-22,36H2,1-4H3. The number of rotatable bonds is 9. The minimum atomic E-state index is -4.10. The van der Waals surface area contributed by atoms with Gasteiger partial charge in [-0.05, 0) is 79.8 Å². The summed E-state index contributed by atoms with van der Waals surface area (Å²) in [5.41, 5.74) is 9.35. The first kappa shape index (κ1) is 31.0. The Balaban J connectivity index is 1.40. The number of carbonyl (C=O) groups excluding carboxylic acids is 2. The highest BCUT2D eigenvalue weighted by Crippen LogP contribution is 2.44. The van der Waals surface area contributed by atoms with E-state index in [0.29, 0.717) is 0 Å². The number of nitrogens with two attached hydrogens (primary N) is 1. The van der Waals surface area contributed by atoms with E-state index < -0.39 is 39.6 Å². The average Bonchev–Trinajstić information content (AvgIpc) is 3.28. The van der Waals surface area contributed by atoms with Gasteiger partial charge in [0.15, 0.2) is 5.54 Å². The lowest BCUT2D eigenvalue weighted by Crippen LogP contribution is -2.49. The third-order valence-corrected chi connectivity index (χ3v) is 8.70. The largest absolute Gasteiger partial charge is 0.463 e. The second-order valence-electron chi connectivity index (χ2n) is 11.9. The first-order valence-electron chi connectivity index (χ1n) is 14.2. The number of hydrogen-bond acceptors (Lipinski definition) is 8. The fourth-order valence-electron chi connectivity index (χ4n) is 5.31. The highest BCUT2D eigenvalue weighted by Gasteiger charge is 2.42. The maximum absolute atomic E-state index is 13.8. The van der Waals surface area contributed by atoms with Crippen LogP contribution in [0, 0.1) is 6.92 Å². The third kappa shape index (κ3) is 6.54. The molecule has 0 spiro atoms. The van der Waals surface area contributed by atoms with Gasteiger partial charge in [0.25, 0.3) is 0 Å². The van der Waals surface area contributed by atoms with Crippen LogP contribution >= 0.6 is 0 Å². The quantitative estimate of drug-likeness (QED) is 0.180. The van der Waals surface area contributed by atoms with Crippen molar-refractivity contribution in [2.45, 2.75) is 56.1 Å². The van der Waals surface area contributed by atoms with Crippen molar-refractivity contribution in [3.63, 3.8) is 0 Å². The van der Waals surface area contributed by atoms with E-state index in [9.17, 15) is 18.0 Å². The molecule has 0 amide bonds. The highest BCUT2D eigenvalue weighted by atomic mass is 32.2. The van der Waals surface area contributed by atoms with Gasteiger partial charge in [-0.3, -0.25) is 4.79 Å². The molecule has 44 heavy (non-hydrogen) atoms. The van der Waals surface area contributed by atoms with E-state index >= 15 is 0 Å². The molecule has 9 heteroatoms. The molecule has 0 fully saturated rings.